The van der Waals surface area contributed by atoms with Crippen LogP contribution in [0, 0.1) is 0 Å². The number of anilines is 1. The molecule has 0 radical (unpaired) electrons. The van der Waals surface area contributed by atoms with Gasteiger partial charge < -0.3 is 10.6 Å². The summed E-state index contributed by atoms with van der Waals surface area (Å²) in [7, 11) is 0. The van der Waals surface area contributed by atoms with E-state index < -0.39 is 0 Å². The van der Waals surface area contributed by atoms with Crippen molar-refractivity contribution in [1.82, 2.24) is 5.32 Å². The number of halogens is 3. The van der Waals surface area contributed by atoms with Crippen molar-refractivity contribution in [1.29, 1.82) is 0 Å². The molecule has 3 nitrogen and oxygen atoms in total. The largest absolute Gasteiger partial charge is 0.375 e. The molecule has 0 aliphatic carbocycles. The first-order valence-corrected chi connectivity index (χ1v) is 8.37. The van der Waals surface area contributed by atoms with Crippen LogP contribution < -0.4 is 10.6 Å². The Morgan fingerprint density at radius 1 is 1.04 bits per heavy atom. The molecule has 1 unspecified atom stereocenters. The topological polar surface area (TPSA) is 41.1 Å². The van der Waals surface area contributed by atoms with E-state index >= 15 is 0 Å². The Balaban J connectivity index is 1.96. The molecule has 122 valence electrons. The molecule has 2 rings (SSSR count). The third-order valence-corrected chi connectivity index (χ3v) is 4.43. The highest BCUT2D eigenvalue weighted by atomic mass is 35.5. The van der Waals surface area contributed by atoms with Gasteiger partial charge in [-0.15, -0.1) is 0 Å². The maximum Gasteiger partial charge on any atom is 0.239 e. The predicted molar refractivity (Wildman–Crippen MR) is 97.6 cm³/mol. The molecule has 1 amide bonds. The zero-order chi connectivity index (χ0) is 16.8. The van der Waals surface area contributed by atoms with Gasteiger partial charge in [0, 0.05) is 0 Å². The standard InChI is InChI=1S/C17H17Cl3N2O/c1-2-15(11-6-4-3-5-7-11)22-17(23)10-21-16-9-13(19)12(18)8-14(16)20/h3-9,15,21H,2,10H2,1H3,(H,22,23). The lowest BCUT2D eigenvalue weighted by atomic mass is 10.0. The van der Waals surface area contributed by atoms with Crippen LogP contribution in [0.15, 0.2) is 42.5 Å². The van der Waals surface area contributed by atoms with Gasteiger partial charge in [0.15, 0.2) is 0 Å². The summed E-state index contributed by atoms with van der Waals surface area (Å²) in [5.41, 5.74) is 1.65. The minimum absolute atomic E-state index is 0.0187. The van der Waals surface area contributed by atoms with Crippen molar-refractivity contribution in [3.8, 4) is 0 Å². The molecular weight excluding hydrogens is 355 g/mol. The zero-order valence-corrected chi connectivity index (χ0v) is 14.8. The van der Waals surface area contributed by atoms with E-state index in [-0.39, 0.29) is 18.5 Å². The van der Waals surface area contributed by atoms with Crippen molar-refractivity contribution >= 4 is 46.4 Å². The Labute approximate surface area is 150 Å². The van der Waals surface area contributed by atoms with Crippen molar-refractivity contribution in [2.75, 3.05) is 11.9 Å². The summed E-state index contributed by atoms with van der Waals surface area (Å²) in [5, 5.41) is 7.15. The summed E-state index contributed by atoms with van der Waals surface area (Å²) in [6.07, 6.45) is 0.809. The van der Waals surface area contributed by atoms with Gasteiger partial charge in [-0.05, 0) is 24.1 Å². The first-order chi connectivity index (χ1) is 11.0. The van der Waals surface area contributed by atoms with Gasteiger partial charge in [-0.25, -0.2) is 0 Å². The van der Waals surface area contributed by atoms with Crippen LogP contribution in [-0.4, -0.2) is 12.5 Å². The molecule has 2 aromatic rings. The van der Waals surface area contributed by atoms with E-state index in [1.807, 2.05) is 37.3 Å². The molecule has 23 heavy (non-hydrogen) atoms. The fraction of sp³-hybridized carbons (Fsp3) is 0.235. The summed E-state index contributed by atoms with van der Waals surface area (Å²) < 4.78 is 0. The molecule has 0 aliphatic heterocycles. The molecule has 0 heterocycles. The molecule has 0 fully saturated rings. The maximum atomic E-state index is 12.1. The molecule has 0 saturated carbocycles. The van der Waals surface area contributed by atoms with Crippen molar-refractivity contribution in [2.45, 2.75) is 19.4 Å². The number of benzene rings is 2. The van der Waals surface area contributed by atoms with Gasteiger partial charge in [0.05, 0.1) is 33.3 Å². The molecule has 0 spiro atoms. The van der Waals surface area contributed by atoms with E-state index in [0.717, 1.165) is 12.0 Å². The number of carbonyl (C=O) groups excluding carboxylic acids is 1. The SMILES string of the molecule is CCC(NC(=O)CNc1cc(Cl)c(Cl)cc1Cl)c1ccccc1. The van der Waals surface area contributed by atoms with E-state index in [2.05, 4.69) is 10.6 Å². The van der Waals surface area contributed by atoms with Crippen LogP contribution in [0.25, 0.3) is 0 Å². The van der Waals surface area contributed by atoms with Crippen LogP contribution in [0.5, 0.6) is 0 Å². The second-order valence-electron chi connectivity index (χ2n) is 5.04. The summed E-state index contributed by atoms with van der Waals surface area (Å²) >= 11 is 17.9. The second kappa shape index (κ2) is 8.44. The summed E-state index contributed by atoms with van der Waals surface area (Å²) in [6.45, 7) is 2.13. The van der Waals surface area contributed by atoms with Crippen LogP contribution in [0.3, 0.4) is 0 Å². The second-order valence-corrected chi connectivity index (χ2v) is 6.26. The molecule has 0 bridgehead atoms. The lowest BCUT2D eigenvalue weighted by Gasteiger charge is -2.18. The van der Waals surface area contributed by atoms with Gasteiger partial charge in [0.1, 0.15) is 0 Å². The van der Waals surface area contributed by atoms with Crippen LogP contribution in [-0.2, 0) is 4.79 Å². The van der Waals surface area contributed by atoms with Crippen molar-refractivity contribution in [2.24, 2.45) is 0 Å². The lowest BCUT2D eigenvalue weighted by Crippen LogP contribution is -2.33. The Morgan fingerprint density at radius 3 is 2.35 bits per heavy atom. The zero-order valence-electron chi connectivity index (χ0n) is 12.6. The normalized spacial score (nSPS) is 11.8. The number of carbonyl (C=O) groups is 1. The van der Waals surface area contributed by atoms with Crippen molar-refractivity contribution < 1.29 is 4.79 Å². The number of rotatable bonds is 6. The Morgan fingerprint density at radius 2 is 1.70 bits per heavy atom. The van der Waals surface area contributed by atoms with E-state index in [9.17, 15) is 4.79 Å². The summed E-state index contributed by atoms with van der Waals surface area (Å²) in [5.74, 6) is -0.122. The van der Waals surface area contributed by atoms with E-state index in [1.165, 1.54) is 0 Å². The van der Waals surface area contributed by atoms with Gasteiger partial charge in [0.25, 0.3) is 0 Å². The summed E-state index contributed by atoms with van der Waals surface area (Å²) in [4.78, 5) is 12.1. The quantitative estimate of drug-likeness (QED) is 0.674. The number of nitrogens with one attached hydrogen (secondary N) is 2. The Hall–Kier alpha value is -1.42. The molecular formula is C17H17Cl3N2O. The fourth-order valence-corrected chi connectivity index (χ4v) is 2.80. The van der Waals surface area contributed by atoms with Crippen molar-refractivity contribution in [3.63, 3.8) is 0 Å². The van der Waals surface area contributed by atoms with Crippen LogP contribution in [0.4, 0.5) is 5.69 Å². The minimum Gasteiger partial charge on any atom is -0.375 e. The van der Waals surface area contributed by atoms with Gasteiger partial charge in [-0.1, -0.05) is 72.1 Å². The fourth-order valence-electron chi connectivity index (χ4n) is 2.19. The van der Waals surface area contributed by atoms with E-state index in [0.29, 0.717) is 20.8 Å². The number of amides is 1. The highest BCUT2D eigenvalue weighted by Gasteiger charge is 2.13. The van der Waals surface area contributed by atoms with E-state index in [4.69, 9.17) is 34.8 Å². The average Bonchev–Trinajstić information content (AvgIpc) is 2.55. The average molecular weight is 372 g/mol. The van der Waals surface area contributed by atoms with Gasteiger partial charge in [-0.2, -0.15) is 0 Å². The lowest BCUT2D eigenvalue weighted by molar-refractivity contribution is -0.120. The number of hydrogen-bond donors (Lipinski definition) is 2. The van der Waals surface area contributed by atoms with Gasteiger partial charge >= 0.3 is 0 Å². The molecule has 2 N–H and O–H groups in total. The smallest absolute Gasteiger partial charge is 0.239 e. The molecule has 6 heteroatoms. The molecule has 1 atom stereocenters. The highest BCUT2D eigenvalue weighted by molar-refractivity contribution is 6.44. The first-order valence-electron chi connectivity index (χ1n) is 7.24. The molecule has 2 aromatic carbocycles. The first kappa shape index (κ1) is 17.9. The summed E-state index contributed by atoms with van der Waals surface area (Å²) in [6, 6.07) is 13.0. The van der Waals surface area contributed by atoms with Crippen LogP contribution in [0.1, 0.15) is 24.9 Å². The van der Waals surface area contributed by atoms with E-state index in [1.54, 1.807) is 12.1 Å². The van der Waals surface area contributed by atoms with Crippen molar-refractivity contribution in [3.05, 3.63) is 63.1 Å². The highest BCUT2D eigenvalue weighted by Crippen LogP contribution is 2.32. The Bertz CT molecular complexity index is 677. The molecule has 0 saturated heterocycles. The van der Waals surface area contributed by atoms with Gasteiger partial charge in [-0.3, -0.25) is 4.79 Å². The van der Waals surface area contributed by atoms with Gasteiger partial charge in [0.2, 0.25) is 5.91 Å². The van der Waals surface area contributed by atoms with Crippen LogP contribution >= 0.6 is 34.8 Å². The maximum absolute atomic E-state index is 12.1. The third-order valence-electron chi connectivity index (χ3n) is 3.39. The third kappa shape index (κ3) is 5.03. The molecule has 0 aromatic heterocycles. The monoisotopic (exact) mass is 370 g/mol. The predicted octanol–water partition coefficient (Wildman–Crippen LogP) is 5.33. The Kier molecular flexibility index (Phi) is 6.58. The number of hydrogen-bond acceptors (Lipinski definition) is 2. The minimum atomic E-state index is -0.122. The van der Waals surface area contributed by atoms with Crippen LogP contribution in [0.2, 0.25) is 15.1 Å². The molecule has 0 aliphatic rings.